The Bertz CT molecular complexity index is 989. The van der Waals surface area contributed by atoms with Crippen molar-refractivity contribution < 1.29 is 9.59 Å². The van der Waals surface area contributed by atoms with Crippen molar-refractivity contribution in [3.05, 3.63) is 59.7 Å². The number of amides is 2. The Morgan fingerprint density at radius 1 is 0.647 bits per heavy atom. The van der Waals surface area contributed by atoms with Gasteiger partial charge in [-0.05, 0) is 35.4 Å². The van der Waals surface area contributed by atoms with E-state index in [4.69, 9.17) is 0 Å². The second-order valence-electron chi connectivity index (χ2n) is 8.66. The molecular formula is C26H32N4O2S2. The van der Waals surface area contributed by atoms with Gasteiger partial charge in [-0.2, -0.15) is 10.2 Å². The van der Waals surface area contributed by atoms with Crippen LogP contribution in [0, 0.1) is 0 Å². The monoisotopic (exact) mass is 496 g/mol. The minimum Gasteiger partial charge on any atom is -0.273 e. The van der Waals surface area contributed by atoms with Crippen molar-refractivity contribution in [3.63, 3.8) is 0 Å². The van der Waals surface area contributed by atoms with E-state index in [9.17, 15) is 9.59 Å². The highest BCUT2D eigenvalue weighted by Crippen LogP contribution is 2.25. The highest BCUT2D eigenvalue weighted by Gasteiger charge is 2.22. The van der Waals surface area contributed by atoms with Gasteiger partial charge in [0.2, 0.25) is 11.8 Å². The van der Waals surface area contributed by atoms with E-state index in [1.54, 1.807) is 14.1 Å². The van der Waals surface area contributed by atoms with Gasteiger partial charge in [0, 0.05) is 34.4 Å². The summed E-state index contributed by atoms with van der Waals surface area (Å²) in [5.41, 5.74) is 3.80. The van der Waals surface area contributed by atoms with Crippen LogP contribution in [-0.2, 0) is 9.59 Å². The molecule has 2 heterocycles. The number of hydrogen-bond acceptors (Lipinski definition) is 6. The summed E-state index contributed by atoms with van der Waals surface area (Å²) in [5, 5.41) is 12.4. The first kappa shape index (κ1) is 26.0. The quantitative estimate of drug-likeness (QED) is 0.495. The number of nitrogens with zero attached hydrogens (tertiary/aromatic N) is 4. The zero-order chi connectivity index (χ0) is 24.8. The van der Waals surface area contributed by atoms with Gasteiger partial charge in [-0.15, -0.1) is 23.5 Å². The van der Waals surface area contributed by atoms with Gasteiger partial charge < -0.3 is 0 Å². The largest absolute Gasteiger partial charge is 0.273 e. The molecule has 0 saturated heterocycles. The molecule has 0 N–H and O–H groups in total. The van der Waals surface area contributed by atoms with Crippen molar-refractivity contribution in [3.8, 4) is 0 Å². The molecule has 6 nitrogen and oxygen atoms in total. The number of hydrogen-bond donors (Lipinski definition) is 0. The topological polar surface area (TPSA) is 65.3 Å². The molecule has 0 atom stereocenters. The molecule has 0 saturated carbocycles. The fraction of sp³-hybridized carbons (Fsp3) is 0.385. The molecule has 0 aromatic heterocycles. The van der Waals surface area contributed by atoms with Crippen LogP contribution in [0.3, 0.4) is 0 Å². The third-order valence-electron chi connectivity index (χ3n) is 5.02. The molecule has 2 amide bonds. The van der Waals surface area contributed by atoms with E-state index < -0.39 is 0 Å². The predicted molar refractivity (Wildman–Crippen MR) is 143 cm³/mol. The third kappa shape index (κ3) is 7.21. The number of rotatable bonds is 6. The first-order valence-corrected chi connectivity index (χ1v) is 13.1. The summed E-state index contributed by atoms with van der Waals surface area (Å²) in [6, 6.07) is 16.5. The Hall–Kier alpha value is -2.58. The third-order valence-corrected chi connectivity index (χ3v) is 7.05. The minimum absolute atomic E-state index is 0.0561. The van der Waals surface area contributed by atoms with Gasteiger partial charge in [-0.25, -0.2) is 10.0 Å². The standard InChI is InChI=1S/2C13H16N2OS/c2*1-9(2)17-11-6-4-10(5-7-11)12-8-13(16)15(3)14-12/h2*4-7,9H,8H2,1-3H3. The average Bonchev–Trinajstić information content (AvgIpc) is 3.29. The van der Waals surface area contributed by atoms with E-state index in [1.807, 2.05) is 47.8 Å². The van der Waals surface area contributed by atoms with Gasteiger partial charge in [0.05, 0.1) is 24.3 Å². The van der Waals surface area contributed by atoms with E-state index in [1.165, 1.54) is 19.8 Å². The van der Waals surface area contributed by atoms with Crippen molar-refractivity contribution in [2.75, 3.05) is 14.1 Å². The van der Waals surface area contributed by atoms with Gasteiger partial charge in [0.1, 0.15) is 0 Å². The fourth-order valence-electron chi connectivity index (χ4n) is 3.38. The van der Waals surface area contributed by atoms with Crippen molar-refractivity contribution in [1.29, 1.82) is 0 Å². The molecule has 180 valence electrons. The Labute approximate surface area is 210 Å². The zero-order valence-corrected chi connectivity index (χ0v) is 22.2. The van der Waals surface area contributed by atoms with Crippen LogP contribution in [0.15, 0.2) is 68.5 Å². The van der Waals surface area contributed by atoms with Crippen LogP contribution < -0.4 is 0 Å². The lowest BCUT2D eigenvalue weighted by molar-refractivity contribution is -0.128. The SMILES string of the molecule is CC(C)Sc1ccc(C2=NN(C)C(=O)C2)cc1.CC(C)Sc1ccc(C2=NN(C)C(=O)C2)cc1. The van der Waals surface area contributed by atoms with Gasteiger partial charge in [0.25, 0.3) is 0 Å². The molecule has 0 radical (unpaired) electrons. The lowest BCUT2D eigenvalue weighted by Gasteiger charge is -2.05. The van der Waals surface area contributed by atoms with Gasteiger partial charge in [0.15, 0.2) is 0 Å². The molecular weight excluding hydrogens is 464 g/mol. The van der Waals surface area contributed by atoms with Crippen LogP contribution in [-0.4, -0.2) is 57.9 Å². The summed E-state index contributed by atoms with van der Waals surface area (Å²) in [7, 11) is 3.39. The van der Waals surface area contributed by atoms with Gasteiger partial charge >= 0.3 is 0 Å². The maximum absolute atomic E-state index is 11.4. The second kappa shape index (κ2) is 11.7. The van der Waals surface area contributed by atoms with E-state index in [0.29, 0.717) is 23.3 Å². The number of benzene rings is 2. The normalized spacial score (nSPS) is 15.6. The lowest BCUT2D eigenvalue weighted by atomic mass is 10.1. The Morgan fingerprint density at radius 3 is 1.21 bits per heavy atom. The summed E-state index contributed by atoms with van der Waals surface area (Å²) in [5.74, 6) is 0.112. The smallest absolute Gasteiger partial charge is 0.248 e. The highest BCUT2D eigenvalue weighted by atomic mass is 32.2. The van der Waals surface area contributed by atoms with Crippen LogP contribution in [0.2, 0.25) is 0 Å². The number of thioether (sulfide) groups is 2. The average molecular weight is 497 g/mol. The first-order valence-electron chi connectivity index (χ1n) is 11.3. The van der Waals surface area contributed by atoms with E-state index in [-0.39, 0.29) is 11.8 Å². The van der Waals surface area contributed by atoms with Gasteiger partial charge in [-0.1, -0.05) is 52.0 Å². The van der Waals surface area contributed by atoms with Crippen molar-refractivity contribution in [2.45, 2.75) is 60.8 Å². The second-order valence-corrected chi connectivity index (χ2v) is 12.0. The molecule has 2 aliphatic rings. The molecule has 8 heteroatoms. The summed E-state index contributed by atoms with van der Waals surface area (Å²) in [6.45, 7) is 8.70. The molecule has 4 rings (SSSR count). The lowest BCUT2D eigenvalue weighted by Crippen LogP contribution is -2.14. The molecule has 0 unspecified atom stereocenters. The minimum atomic E-state index is 0.0561. The molecule has 0 spiro atoms. The Kier molecular flexibility index (Phi) is 8.97. The Balaban J connectivity index is 0.000000191. The summed E-state index contributed by atoms with van der Waals surface area (Å²) < 4.78 is 0. The number of hydrazone groups is 2. The maximum Gasteiger partial charge on any atom is 0.248 e. The predicted octanol–water partition coefficient (Wildman–Crippen LogP) is 5.51. The van der Waals surface area contributed by atoms with Crippen LogP contribution in [0.4, 0.5) is 0 Å². The fourth-order valence-corrected chi connectivity index (χ4v) is 5.05. The summed E-state index contributed by atoms with van der Waals surface area (Å²) in [6.07, 6.45) is 0.820. The van der Waals surface area contributed by atoms with E-state index in [2.05, 4.69) is 62.2 Å². The molecule has 2 aromatic carbocycles. The molecule has 2 aromatic rings. The Morgan fingerprint density at radius 2 is 0.971 bits per heavy atom. The summed E-state index contributed by atoms with van der Waals surface area (Å²) >= 11 is 3.67. The highest BCUT2D eigenvalue weighted by molar-refractivity contribution is 8.00. The van der Waals surface area contributed by atoms with Crippen LogP contribution in [0.5, 0.6) is 0 Å². The molecule has 0 aliphatic carbocycles. The molecule has 34 heavy (non-hydrogen) atoms. The number of carbonyl (C=O) groups is 2. The van der Waals surface area contributed by atoms with Crippen molar-refractivity contribution in [2.24, 2.45) is 10.2 Å². The van der Waals surface area contributed by atoms with Crippen molar-refractivity contribution >= 4 is 46.8 Å². The first-order chi connectivity index (χ1) is 16.1. The van der Waals surface area contributed by atoms with Crippen LogP contribution >= 0.6 is 23.5 Å². The van der Waals surface area contributed by atoms with Gasteiger partial charge in [-0.3, -0.25) is 9.59 Å². The molecule has 0 bridgehead atoms. The van der Waals surface area contributed by atoms with E-state index in [0.717, 1.165) is 22.6 Å². The maximum atomic E-state index is 11.4. The summed E-state index contributed by atoms with van der Waals surface area (Å²) in [4.78, 5) is 25.3. The van der Waals surface area contributed by atoms with Crippen LogP contribution in [0.1, 0.15) is 51.7 Å². The molecule has 2 aliphatic heterocycles. The van der Waals surface area contributed by atoms with Crippen molar-refractivity contribution in [1.82, 2.24) is 10.0 Å². The number of carbonyl (C=O) groups excluding carboxylic acids is 2. The zero-order valence-electron chi connectivity index (χ0n) is 20.6. The van der Waals surface area contributed by atoms with Crippen LogP contribution in [0.25, 0.3) is 0 Å². The van der Waals surface area contributed by atoms with E-state index >= 15 is 0 Å². The molecule has 0 fully saturated rings.